The highest BCUT2D eigenvalue weighted by Gasteiger charge is 2.27. The molecule has 1 aliphatic rings. The van der Waals surface area contributed by atoms with Gasteiger partial charge in [-0.05, 0) is 44.2 Å². The molecule has 0 bridgehead atoms. The van der Waals surface area contributed by atoms with E-state index in [4.69, 9.17) is 5.41 Å². The van der Waals surface area contributed by atoms with E-state index in [-0.39, 0.29) is 11.0 Å². The Morgan fingerprint density at radius 1 is 1.00 bits per heavy atom. The van der Waals surface area contributed by atoms with Crippen LogP contribution in [-0.4, -0.2) is 47.4 Å². The highest BCUT2D eigenvalue weighted by atomic mass is 15.3. The minimum absolute atomic E-state index is 0.223. The molecule has 1 saturated heterocycles. The molecule has 3 heteroatoms. The number of benzene rings is 1. The summed E-state index contributed by atoms with van der Waals surface area (Å²) < 4.78 is 0. The van der Waals surface area contributed by atoms with Crippen molar-refractivity contribution in [1.82, 2.24) is 9.80 Å². The van der Waals surface area contributed by atoms with Gasteiger partial charge in [-0.3, -0.25) is 10.3 Å². The van der Waals surface area contributed by atoms with E-state index in [0.29, 0.717) is 5.84 Å². The highest BCUT2D eigenvalue weighted by molar-refractivity contribution is 5.96. The number of nitrogens with zero attached hydrogens (tertiary/aromatic N) is 2. The Labute approximate surface area is 142 Å². The lowest BCUT2D eigenvalue weighted by atomic mass is 9.87. The second-order valence-corrected chi connectivity index (χ2v) is 8.93. The van der Waals surface area contributed by atoms with Gasteiger partial charge < -0.3 is 4.90 Å². The van der Waals surface area contributed by atoms with Gasteiger partial charge in [-0.15, -0.1) is 0 Å². The molecule has 0 unspecified atom stereocenters. The van der Waals surface area contributed by atoms with E-state index in [0.717, 1.165) is 38.2 Å². The fourth-order valence-electron chi connectivity index (χ4n) is 3.22. The fraction of sp³-hybridized carbons (Fsp3) is 0.650. The van der Waals surface area contributed by atoms with Gasteiger partial charge in [-0.2, -0.15) is 0 Å². The molecule has 1 N–H and O–H groups in total. The van der Waals surface area contributed by atoms with E-state index in [2.05, 4.69) is 75.6 Å². The van der Waals surface area contributed by atoms with Crippen LogP contribution >= 0.6 is 0 Å². The van der Waals surface area contributed by atoms with Crippen molar-refractivity contribution in [2.45, 2.75) is 53.5 Å². The molecule has 23 heavy (non-hydrogen) atoms. The molecule has 2 rings (SSSR count). The average Bonchev–Trinajstić information content (AvgIpc) is 2.44. The number of piperazine rings is 1. The maximum atomic E-state index is 8.58. The first kappa shape index (κ1) is 18.0. The van der Waals surface area contributed by atoms with Crippen molar-refractivity contribution in [2.75, 3.05) is 26.2 Å². The first-order chi connectivity index (χ1) is 10.6. The average molecular weight is 316 g/mol. The normalized spacial score (nSPS) is 17.4. The first-order valence-corrected chi connectivity index (χ1v) is 8.74. The molecule has 1 aromatic carbocycles. The molecule has 1 heterocycles. The zero-order chi connectivity index (χ0) is 17.3. The van der Waals surface area contributed by atoms with Gasteiger partial charge in [0.15, 0.2) is 0 Å². The van der Waals surface area contributed by atoms with Crippen LogP contribution in [0.4, 0.5) is 0 Å². The molecule has 1 fully saturated rings. The van der Waals surface area contributed by atoms with Gasteiger partial charge in [0.1, 0.15) is 5.84 Å². The monoisotopic (exact) mass is 315 g/mol. The van der Waals surface area contributed by atoms with Crippen LogP contribution in [0, 0.1) is 10.8 Å². The van der Waals surface area contributed by atoms with Crippen LogP contribution in [0.3, 0.4) is 0 Å². The predicted octanol–water partition coefficient (Wildman–Crippen LogP) is 4.02. The lowest BCUT2D eigenvalue weighted by Gasteiger charge is -2.43. The van der Waals surface area contributed by atoms with Crippen molar-refractivity contribution in [3.05, 3.63) is 35.4 Å². The molecular formula is C20H33N3. The van der Waals surface area contributed by atoms with E-state index in [1.807, 2.05) is 0 Å². The number of nitrogens with one attached hydrogen (secondary N) is 1. The second-order valence-electron chi connectivity index (χ2n) is 8.93. The minimum atomic E-state index is 0.223. The van der Waals surface area contributed by atoms with E-state index >= 15 is 0 Å². The Kier molecular flexibility index (Phi) is 5.20. The number of hydrogen-bond donors (Lipinski definition) is 1. The van der Waals surface area contributed by atoms with Crippen LogP contribution in [0.5, 0.6) is 0 Å². The van der Waals surface area contributed by atoms with Gasteiger partial charge in [0.05, 0.1) is 0 Å². The van der Waals surface area contributed by atoms with Crippen molar-refractivity contribution in [2.24, 2.45) is 5.41 Å². The maximum absolute atomic E-state index is 8.58. The Morgan fingerprint density at radius 3 is 2.13 bits per heavy atom. The molecule has 1 aliphatic heterocycles. The van der Waals surface area contributed by atoms with Crippen LogP contribution < -0.4 is 0 Å². The molecule has 128 valence electrons. The Morgan fingerprint density at radius 2 is 1.61 bits per heavy atom. The summed E-state index contributed by atoms with van der Waals surface area (Å²) in [5.41, 5.74) is 2.88. The molecule has 0 amide bonds. The molecule has 0 aromatic heterocycles. The van der Waals surface area contributed by atoms with Gasteiger partial charge in [0.25, 0.3) is 0 Å². The molecule has 0 aliphatic carbocycles. The SMILES string of the molecule is CC(C)(C)Cc1cccc(C(=N)N2CCN(C(C)(C)C)CC2)c1. The maximum Gasteiger partial charge on any atom is 0.128 e. The van der Waals surface area contributed by atoms with E-state index in [1.165, 1.54) is 5.56 Å². The Balaban J connectivity index is 2.03. The Hall–Kier alpha value is -1.35. The summed E-state index contributed by atoms with van der Waals surface area (Å²) in [5.74, 6) is 0.675. The van der Waals surface area contributed by atoms with Crippen molar-refractivity contribution in [3.63, 3.8) is 0 Å². The summed E-state index contributed by atoms with van der Waals surface area (Å²) in [6.45, 7) is 17.5. The third-order valence-corrected chi connectivity index (χ3v) is 4.48. The smallest absolute Gasteiger partial charge is 0.128 e. The third kappa shape index (κ3) is 5.07. The molecule has 3 nitrogen and oxygen atoms in total. The topological polar surface area (TPSA) is 30.3 Å². The summed E-state index contributed by atoms with van der Waals surface area (Å²) in [7, 11) is 0. The van der Waals surface area contributed by atoms with Gasteiger partial charge in [0, 0.05) is 37.3 Å². The van der Waals surface area contributed by atoms with Crippen molar-refractivity contribution in [1.29, 1.82) is 5.41 Å². The number of hydrogen-bond acceptors (Lipinski definition) is 2. The van der Waals surface area contributed by atoms with Crippen molar-refractivity contribution < 1.29 is 0 Å². The first-order valence-electron chi connectivity index (χ1n) is 8.74. The number of rotatable bonds is 2. The standard InChI is InChI=1S/C20H33N3/c1-19(2,3)15-16-8-7-9-17(14-16)18(21)22-10-12-23(13-11-22)20(4,5)6/h7-9,14,21H,10-13,15H2,1-6H3. The number of amidine groups is 1. The molecule has 0 spiro atoms. The Bertz CT molecular complexity index is 541. The van der Waals surface area contributed by atoms with Gasteiger partial charge >= 0.3 is 0 Å². The second kappa shape index (κ2) is 6.64. The molecule has 0 saturated carbocycles. The quantitative estimate of drug-likeness (QED) is 0.660. The van der Waals surface area contributed by atoms with Gasteiger partial charge in [-0.25, -0.2) is 0 Å². The van der Waals surface area contributed by atoms with Crippen LogP contribution in [0.25, 0.3) is 0 Å². The van der Waals surface area contributed by atoms with Crippen LogP contribution in [0.15, 0.2) is 24.3 Å². The molecule has 0 radical (unpaired) electrons. The lowest BCUT2D eigenvalue weighted by molar-refractivity contribution is 0.0882. The van der Waals surface area contributed by atoms with E-state index in [1.54, 1.807) is 0 Å². The van der Waals surface area contributed by atoms with Gasteiger partial charge in [0.2, 0.25) is 0 Å². The summed E-state index contributed by atoms with van der Waals surface area (Å²) in [4.78, 5) is 4.73. The zero-order valence-corrected chi connectivity index (χ0v) is 15.7. The molecule has 0 atom stereocenters. The van der Waals surface area contributed by atoms with Crippen molar-refractivity contribution >= 4 is 5.84 Å². The van der Waals surface area contributed by atoms with E-state index in [9.17, 15) is 0 Å². The summed E-state index contributed by atoms with van der Waals surface area (Å²) >= 11 is 0. The molecular weight excluding hydrogens is 282 g/mol. The molecule has 1 aromatic rings. The van der Waals surface area contributed by atoms with E-state index < -0.39 is 0 Å². The van der Waals surface area contributed by atoms with Gasteiger partial charge in [-0.1, -0.05) is 39.0 Å². The summed E-state index contributed by atoms with van der Waals surface area (Å²) in [6, 6.07) is 8.55. The van der Waals surface area contributed by atoms with Crippen molar-refractivity contribution in [3.8, 4) is 0 Å². The van der Waals surface area contributed by atoms with Crippen LogP contribution in [0.1, 0.15) is 52.7 Å². The largest absolute Gasteiger partial charge is 0.354 e. The highest BCUT2D eigenvalue weighted by Crippen LogP contribution is 2.22. The van der Waals surface area contributed by atoms with Crippen LogP contribution in [0.2, 0.25) is 0 Å². The summed E-state index contributed by atoms with van der Waals surface area (Å²) in [6.07, 6.45) is 1.05. The van der Waals surface area contributed by atoms with Crippen LogP contribution in [-0.2, 0) is 6.42 Å². The lowest BCUT2D eigenvalue weighted by Crippen LogP contribution is -2.54. The predicted molar refractivity (Wildman–Crippen MR) is 99.3 cm³/mol. The summed E-state index contributed by atoms with van der Waals surface area (Å²) in [5, 5.41) is 8.58. The third-order valence-electron chi connectivity index (χ3n) is 4.48. The zero-order valence-electron chi connectivity index (χ0n) is 15.7. The fourth-order valence-corrected chi connectivity index (χ4v) is 3.22. The minimum Gasteiger partial charge on any atom is -0.354 e.